The van der Waals surface area contributed by atoms with E-state index < -0.39 is 0 Å². The Morgan fingerprint density at radius 3 is 2.35 bits per heavy atom. The van der Waals surface area contributed by atoms with Gasteiger partial charge in [0.05, 0.1) is 17.5 Å². The van der Waals surface area contributed by atoms with Crippen LogP contribution >= 0.6 is 0 Å². The summed E-state index contributed by atoms with van der Waals surface area (Å²) in [5.74, 6) is 2.82. The highest BCUT2D eigenvalue weighted by molar-refractivity contribution is 5.70. The van der Waals surface area contributed by atoms with E-state index in [1.807, 2.05) is 0 Å². The standard InChI is InChI=1S/C34H38N2O/c1-21-9-11-22(12-10-21)30-27-20-29-26-14-13-24-19-25(37)15-17-33(24,2)28(26)16-18-34(29,3)31(27)36-32(35-30)23-7-5-4-6-8-23/h4-13,25-26,28-29,37H,14-20H2,1-3H3/t25-,26-,28-,29-,33-,34-/m0/s1. The van der Waals surface area contributed by atoms with Gasteiger partial charge < -0.3 is 5.11 Å². The minimum absolute atomic E-state index is 0.0816. The molecule has 0 aliphatic heterocycles. The first-order chi connectivity index (χ1) is 17.9. The van der Waals surface area contributed by atoms with Crippen LogP contribution in [0.15, 0.2) is 66.2 Å². The number of benzene rings is 2. The van der Waals surface area contributed by atoms with Crippen LogP contribution in [0, 0.1) is 30.1 Å². The molecule has 1 heterocycles. The summed E-state index contributed by atoms with van der Waals surface area (Å²) in [6.07, 6.45) is 10.0. The van der Waals surface area contributed by atoms with Crippen molar-refractivity contribution >= 4 is 0 Å². The highest BCUT2D eigenvalue weighted by Gasteiger charge is 2.58. The van der Waals surface area contributed by atoms with Gasteiger partial charge in [0.2, 0.25) is 0 Å². The molecule has 0 saturated heterocycles. The molecule has 3 aromatic rings. The number of aliphatic hydroxyl groups is 1. The maximum absolute atomic E-state index is 10.4. The summed E-state index contributed by atoms with van der Waals surface area (Å²) in [4.78, 5) is 10.6. The molecule has 2 saturated carbocycles. The number of aryl methyl sites for hydroxylation is 1. The van der Waals surface area contributed by atoms with E-state index in [4.69, 9.17) is 9.97 Å². The maximum atomic E-state index is 10.4. The number of hydrogen-bond donors (Lipinski definition) is 1. The first kappa shape index (κ1) is 23.3. The molecular weight excluding hydrogens is 452 g/mol. The number of fused-ring (bicyclic) bond motifs is 7. The van der Waals surface area contributed by atoms with Crippen molar-refractivity contribution in [2.24, 2.45) is 23.2 Å². The number of nitrogens with zero attached hydrogens (tertiary/aromatic N) is 2. The van der Waals surface area contributed by atoms with Gasteiger partial charge in [0.15, 0.2) is 5.82 Å². The largest absolute Gasteiger partial charge is 0.393 e. The van der Waals surface area contributed by atoms with Crippen LogP contribution in [0.25, 0.3) is 22.6 Å². The number of aliphatic hydroxyl groups excluding tert-OH is 1. The molecule has 7 rings (SSSR count). The van der Waals surface area contributed by atoms with Crippen molar-refractivity contribution in [3.8, 4) is 22.6 Å². The van der Waals surface area contributed by atoms with Crippen molar-refractivity contribution in [1.82, 2.24) is 9.97 Å². The first-order valence-corrected chi connectivity index (χ1v) is 14.3. The summed E-state index contributed by atoms with van der Waals surface area (Å²) in [7, 11) is 0. The van der Waals surface area contributed by atoms with E-state index in [1.165, 1.54) is 40.8 Å². The molecule has 0 bridgehead atoms. The molecule has 37 heavy (non-hydrogen) atoms. The van der Waals surface area contributed by atoms with Gasteiger partial charge in [-0.3, -0.25) is 0 Å². The van der Waals surface area contributed by atoms with E-state index in [2.05, 4.69) is 81.4 Å². The smallest absolute Gasteiger partial charge is 0.160 e. The molecule has 0 unspecified atom stereocenters. The van der Waals surface area contributed by atoms with Gasteiger partial charge in [-0.1, -0.05) is 85.7 Å². The Hall–Kier alpha value is -2.78. The Bertz CT molecular complexity index is 1380. The van der Waals surface area contributed by atoms with Crippen molar-refractivity contribution in [2.75, 3.05) is 0 Å². The van der Waals surface area contributed by atoms with Crippen molar-refractivity contribution in [3.05, 3.63) is 83.1 Å². The Morgan fingerprint density at radius 2 is 1.57 bits per heavy atom. The molecule has 3 nitrogen and oxygen atoms in total. The Morgan fingerprint density at radius 1 is 0.811 bits per heavy atom. The third-order valence-electron chi connectivity index (χ3n) is 10.8. The second-order valence-corrected chi connectivity index (χ2v) is 12.8. The van der Waals surface area contributed by atoms with Gasteiger partial charge in [0.25, 0.3) is 0 Å². The number of allylic oxidation sites excluding steroid dienone is 1. The fourth-order valence-corrected chi connectivity index (χ4v) is 8.67. The Kier molecular flexibility index (Phi) is 5.28. The topological polar surface area (TPSA) is 46.0 Å². The molecular formula is C34H38N2O. The molecule has 190 valence electrons. The van der Waals surface area contributed by atoms with Crippen LogP contribution < -0.4 is 0 Å². The minimum atomic E-state index is -0.149. The lowest BCUT2D eigenvalue weighted by molar-refractivity contribution is -0.0169. The zero-order chi connectivity index (χ0) is 25.4. The van der Waals surface area contributed by atoms with Gasteiger partial charge >= 0.3 is 0 Å². The van der Waals surface area contributed by atoms with Crippen LogP contribution in [0.4, 0.5) is 0 Å². The second-order valence-electron chi connectivity index (χ2n) is 12.8. The summed E-state index contributed by atoms with van der Waals surface area (Å²) in [6.45, 7) is 7.17. The Balaban J connectivity index is 1.35. The van der Waals surface area contributed by atoms with E-state index in [1.54, 1.807) is 0 Å². The van der Waals surface area contributed by atoms with E-state index in [0.29, 0.717) is 17.8 Å². The van der Waals surface area contributed by atoms with Gasteiger partial charge in [0.1, 0.15) is 0 Å². The normalized spacial score (nSPS) is 34.1. The highest BCUT2D eigenvalue weighted by atomic mass is 16.3. The quantitative estimate of drug-likeness (QED) is 0.379. The molecule has 0 spiro atoms. The van der Waals surface area contributed by atoms with Gasteiger partial charge in [-0.2, -0.15) is 0 Å². The van der Waals surface area contributed by atoms with Crippen LogP contribution in [-0.2, 0) is 11.8 Å². The third-order valence-corrected chi connectivity index (χ3v) is 10.8. The summed E-state index contributed by atoms with van der Waals surface area (Å²) in [5.41, 5.74) is 9.27. The molecule has 0 amide bonds. The third kappa shape index (κ3) is 3.50. The summed E-state index contributed by atoms with van der Waals surface area (Å²) < 4.78 is 0. The second kappa shape index (κ2) is 8.36. The number of aromatic nitrogens is 2. The minimum Gasteiger partial charge on any atom is -0.393 e. The highest BCUT2D eigenvalue weighted by Crippen LogP contribution is 2.64. The average Bonchev–Trinajstić information content (AvgIpc) is 3.22. The van der Waals surface area contributed by atoms with Crippen molar-refractivity contribution in [3.63, 3.8) is 0 Å². The molecule has 0 radical (unpaired) electrons. The molecule has 4 aliphatic rings. The van der Waals surface area contributed by atoms with E-state index >= 15 is 0 Å². The number of rotatable bonds is 2. The summed E-state index contributed by atoms with van der Waals surface area (Å²) in [6, 6.07) is 19.4. The van der Waals surface area contributed by atoms with E-state index in [9.17, 15) is 5.11 Å². The lowest BCUT2D eigenvalue weighted by Crippen LogP contribution is -2.51. The monoisotopic (exact) mass is 490 g/mol. The summed E-state index contributed by atoms with van der Waals surface area (Å²) in [5, 5.41) is 10.4. The predicted molar refractivity (Wildman–Crippen MR) is 149 cm³/mol. The van der Waals surface area contributed by atoms with Crippen molar-refractivity contribution in [2.45, 2.75) is 77.2 Å². The van der Waals surface area contributed by atoms with Crippen LogP contribution in [0.2, 0.25) is 0 Å². The fourth-order valence-electron chi connectivity index (χ4n) is 8.67. The van der Waals surface area contributed by atoms with Crippen molar-refractivity contribution < 1.29 is 5.11 Å². The van der Waals surface area contributed by atoms with Crippen LogP contribution in [-0.4, -0.2) is 21.2 Å². The number of hydrogen-bond acceptors (Lipinski definition) is 3. The van der Waals surface area contributed by atoms with Gasteiger partial charge in [-0.05, 0) is 75.0 Å². The molecule has 2 fully saturated rings. The maximum Gasteiger partial charge on any atom is 0.160 e. The molecule has 3 heteroatoms. The first-order valence-electron chi connectivity index (χ1n) is 14.3. The molecule has 6 atom stereocenters. The summed E-state index contributed by atoms with van der Waals surface area (Å²) >= 11 is 0. The van der Waals surface area contributed by atoms with E-state index in [0.717, 1.165) is 49.2 Å². The molecule has 2 aromatic carbocycles. The van der Waals surface area contributed by atoms with Crippen LogP contribution in [0.1, 0.15) is 69.2 Å². The SMILES string of the molecule is Cc1ccc(-c2nc(-c3ccccc3)nc3c2C[C@H]2[C@H]4CC=C5C[C@@H](O)CC[C@]5(C)[C@H]4CC[C@]32C)cc1. The van der Waals surface area contributed by atoms with Gasteiger partial charge in [-0.15, -0.1) is 0 Å². The molecule has 1 aromatic heterocycles. The van der Waals surface area contributed by atoms with E-state index in [-0.39, 0.29) is 16.9 Å². The molecule has 4 aliphatic carbocycles. The van der Waals surface area contributed by atoms with Crippen LogP contribution in [0.3, 0.4) is 0 Å². The van der Waals surface area contributed by atoms with Crippen LogP contribution in [0.5, 0.6) is 0 Å². The lowest BCUT2D eigenvalue weighted by Gasteiger charge is -2.57. The lowest BCUT2D eigenvalue weighted by atomic mass is 9.48. The average molecular weight is 491 g/mol. The van der Waals surface area contributed by atoms with Gasteiger partial charge in [-0.25, -0.2) is 9.97 Å². The van der Waals surface area contributed by atoms with Crippen molar-refractivity contribution in [1.29, 1.82) is 0 Å². The van der Waals surface area contributed by atoms with Gasteiger partial charge in [0, 0.05) is 22.1 Å². The fraction of sp³-hybridized carbons (Fsp3) is 0.471. The zero-order valence-electron chi connectivity index (χ0n) is 22.4. The Labute approximate surface area is 221 Å². The zero-order valence-corrected chi connectivity index (χ0v) is 22.4. The molecule has 1 N–H and O–H groups in total. The predicted octanol–water partition coefficient (Wildman–Crippen LogP) is 7.46.